The average molecular weight is 1800 g/mol. The van der Waals surface area contributed by atoms with Crippen LogP contribution in [-0.2, 0) is 5.41 Å². The van der Waals surface area contributed by atoms with Gasteiger partial charge in [-0.1, -0.05) is 287 Å². The van der Waals surface area contributed by atoms with Crippen molar-refractivity contribution in [3.8, 4) is 78.6 Å². The minimum Gasteiger partial charge on any atom is -0.310 e. The molecule has 1 aliphatic rings. The van der Waals surface area contributed by atoms with Gasteiger partial charge < -0.3 is 37.2 Å². The van der Waals surface area contributed by atoms with Crippen LogP contribution < -0.4 is 9.80 Å². The molecule has 0 radical (unpaired) electrons. The molecule has 22 aromatic carbocycles. The van der Waals surface area contributed by atoms with E-state index in [1.54, 1.807) is 0 Å². The van der Waals surface area contributed by atoms with Crippen LogP contribution in [0.2, 0.25) is 0 Å². The molecule has 660 valence electrons. The van der Waals surface area contributed by atoms with Crippen LogP contribution in [0.25, 0.3) is 220 Å². The number of aromatic nitrogens is 6. The summed E-state index contributed by atoms with van der Waals surface area (Å²) in [5.41, 5.74) is 39.0. The quantitative estimate of drug-likeness (QED) is 0.103. The molecule has 1 aliphatic carbocycles. The normalized spacial score (nSPS) is 12.5. The molecule has 6 aromatic heterocycles. The second-order valence-corrected chi connectivity index (χ2v) is 38.2. The van der Waals surface area contributed by atoms with E-state index in [-0.39, 0.29) is 5.41 Å². The van der Waals surface area contributed by atoms with Gasteiger partial charge in [-0.05, 0) is 280 Å². The first-order valence-electron chi connectivity index (χ1n) is 48.8. The molecule has 0 aliphatic heterocycles. The van der Waals surface area contributed by atoms with Crippen LogP contribution in [0.1, 0.15) is 25.0 Å². The van der Waals surface area contributed by atoms with Crippen molar-refractivity contribution in [1.29, 1.82) is 0 Å². The van der Waals surface area contributed by atoms with E-state index < -0.39 is 0 Å². The lowest BCUT2D eigenvalue weighted by atomic mass is 9.81. The molecule has 0 amide bonds. The van der Waals surface area contributed by atoms with Gasteiger partial charge in [-0.15, -0.1) is 0 Å². The third-order valence-electron chi connectivity index (χ3n) is 30.4. The van der Waals surface area contributed by atoms with Crippen molar-refractivity contribution in [3.63, 3.8) is 0 Å². The van der Waals surface area contributed by atoms with Crippen LogP contribution in [0, 0.1) is 0 Å². The number of anilines is 6. The van der Waals surface area contributed by atoms with Crippen LogP contribution in [0.3, 0.4) is 0 Å². The van der Waals surface area contributed by atoms with Crippen molar-refractivity contribution in [2.75, 3.05) is 9.80 Å². The van der Waals surface area contributed by atoms with Gasteiger partial charge in [0.1, 0.15) is 0 Å². The average Bonchev–Trinajstić information content (AvgIpc) is 1.62. The fraction of sp³-hybridized carbons (Fsp3) is 0.0226. The molecular weight excluding hydrogens is 1710 g/mol. The van der Waals surface area contributed by atoms with Crippen molar-refractivity contribution in [2.24, 2.45) is 0 Å². The van der Waals surface area contributed by atoms with Gasteiger partial charge in [0.05, 0.1) is 77.6 Å². The summed E-state index contributed by atoms with van der Waals surface area (Å²) in [4.78, 5) is 4.91. The molecular formula is C133H88N8. The van der Waals surface area contributed by atoms with Gasteiger partial charge in [0.25, 0.3) is 0 Å². The van der Waals surface area contributed by atoms with Gasteiger partial charge in [-0.2, -0.15) is 0 Å². The zero-order valence-corrected chi connectivity index (χ0v) is 77.4. The highest BCUT2D eigenvalue weighted by molar-refractivity contribution is 6.23. The smallest absolute Gasteiger partial charge is 0.0547 e. The summed E-state index contributed by atoms with van der Waals surface area (Å²) >= 11 is 0. The minimum atomic E-state index is -0.331. The molecule has 0 atom stereocenters. The van der Waals surface area contributed by atoms with E-state index in [1.165, 1.54) is 153 Å². The molecule has 28 aromatic rings. The lowest BCUT2D eigenvalue weighted by Gasteiger charge is -2.28. The maximum Gasteiger partial charge on any atom is 0.0547 e. The van der Waals surface area contributed by atoms with E-state index in [1.807, 2.05) is 0 Å². The summed E-state index contributed by atoms with van der Waals surface area (Å²) in [7, 11) is 0. The molecule has 0 saturated heterocycles. The Kier molecular flexibility index (Phi) is 17.7. The second kappa shape index (κ2) is 31.3. The second-order valence-electron chi connectivity index (χ2n) is 38.2. The van der Waals surface area contributed by atoms with Crippen molar-refractivity contribution in [1.82, 2.24) is 27.4 Å². The molecule has 0 spiro atoms. The van der Waals surface area contributed by atoms with E-state index in [0.29, 0.717) is 0 Å². The molecule has 0 bridgehead atoms. The van der Waals surface area contributed by atoms with E-state index in [4.69, 9.17) is 0 Å². The number of para-hydroxylation sites is 10. The molecule has 8 nitrogen and oxygen atoms in total. The summed E-state index contributed by atoms with van der Waals surface area (Å²) in [6.07, 6.45) is 0. The topological polar surface area (TPSA) is 36.1 Å². The largest absolute Gasteiger partial charge is 0.310 e. The van der Waals surface area contributed by atoms with E-state index >= 15 is 0 Å². The zero-order chi connectivity index (χ0) is 92.8. The summed E-state index contributed by atoms with van der Waals surface area (Å²) < 4.78 is 14.6. The summed E-state index contributed by atoms with van der Waals surface area (Å²) in [5.74, 6) is 0. The minimum absolute atomic E-state index is 0.331. The van der Waals surface area contributed by atoms with Crippen LogP contribution in [0.15, 0.2) is 497 Å². The lowest BCUT2D eigenvalue weighted by Crippen LogP contribution is -2.16. The molecule has 141 heavy (non-hydrogen) atoms. The molecule has 0 saturated carbocycles. The molecule has 29 rings (SSSR count). The SMILES string of the molecule is CC1(C)c2cc(-c3ccc4c(c3)c3ccccc3n4-c3ccccc3)ccc2-c2ccc(N(c3ccc(-n4c5ccccc5c5ccccc54)cc3)c3ccc(-n4c5ccccc5c5c(-c6cccc7c6c6ccccc6n7-c6ccc(N(c7ccc(-c8ccc9c(c8)c8ccccc8n9-c8ccccc8)cc7)c7ccc(-n8c9ccccc9c9ccccc98)c8ccccc78)cc6)cccc54)cc3)cc21. The summed E-state index contributed by atoms with van der Waals surface area (Å²) in [5, 5.41) is 17.0. The third kappa shape index (κ3) is 12.2. The third-order valence-corrected chi connectivity index (χ3v) is 30.4. The van der Waals surface area contributed by atoms with Crippen LogP contribution in [0.4, 0.5) is 34.1 Å². The Morgan fingerprint density at radius 2 is 0.447 bits per heavy atom. The van der Waals surface area contributed by atoms with Crippen molar-refractivity contribution in [2.45, 2.75) is 19.3 Å². The number of hydrogen-bond acceptors (Lipinski definition) is 2. The Morgan fingerprint density at radius 1 is 0.163 bits per heavy atom. The van der Waals surface area contributed by atoms with Crippen molar-refractivity contribution < 1.29 is 0 Å². The Bertz CT molecular complexity index is 9910. The molecule has 0 fully saturated rings. The van der Waals surface area contributed by atoms with Gasteiger partial charge in [-0.25, -0.2) is 0 Å². The van der Waals surface area contributed by atoms with Crippen molar-refractivity contribution in [3.05, 3.63) is 509 Å². The van der Waals surface area contributed by atoms with Gasteiger partial charge in [0, 0.05) is 138 Å². The van der Waals surface area contributed by atoms with Gasteiger partial charge in [0.15, 0.2) is 0 Å². The van der Waals surface area contributed by atoms with Gasteiger partial charge >= 0.3 is 0 Å². The van der Waals surface area contributed by atoms with Crippen LogP contribution in [-0.4, -0.2) is 27.4 Å². The van der Waals surface area contributed by atoms with Crippen molar-refractivity contribution >= 4 is 176 Å². The number of rotatable bonds is 15. The van der Waals surface area contributed by atoms with Crippen LogP contribution in [0.5, 0.6) is 0 Å². The molecule has 0 N–H and O–H groups in total. The monoisotopic (exact) mass is 1800 g/mol. The fourth-order valence-electron chi connectivity index (χ4n) is 24.1. The number of benzene rings is 22. The first-order valence-corrected chi connectivity index (χ1v) is 48.8. The standard InChI is InChI=1S/C133H88N8/c1-133(2)115-83-88(87-59-78-128-114(82-87)108-40-16-22-48-120(108)137(128)90-31-7-4-8-32-90)57-75-99(115)100-76-74-98(84-116(100)133)134(91-62-68-95(69-63-91)138-117-45-19-11-35-101(117)102-36-12-20-46-118(102)138)92-64-70-96(71-65-92)139-123-51-25-17-41-111(123)131-109(43-27-53-129(131)139)110-44-28-54-130-132(110)112-42-18-26-52-124(112)140(130)97-72-66-94(67-73-97)135(125-79-80-126(106-34-10-9-33-105(106)125)141-121-49-23-13-37-103(121)104-38-14-24-50-122(104)141)93-60-55-85(56-61-93)86-58-77-127-113(81-86)107-39-15-21-47-119(107)136(127)89-29-5-3-6-30-89/h3-84H,1-2H3. The highest BCUT2D eigenvalue weighted by atomic mass is 15.2. The Balaban J connectivity index is 0.532. The highest BCUT2D eigenvalue weighted by Crippen LogP contribution is 2.55. The highest BCUT2D eigenvalue weighted by Gasteiger charge is 2.37. The molecule has 0 unspecified atom stereocenters. The predicted molar refractivity (Wildman–Crippen MR) is 593 cm³/mol. The summed E-state index contributed by atoms with van der Waals surface area (Å²) in [6, 6.07) is 185. The maximum atomic E-state index is 2.48. The first kappa shape index (κ1) is 79.8. The Labute approximate surface area is 813 Å². The number of hydrogen-bond donors (Lipinski definition) is 0. The lowest BCUT2D eigenvalue weighted by molar-refractivity contribution is 0.660. The van der Waals surface area contributed by atoms with Crippen LogP contribution >= 0.6 is 0 Å². The van der Waals surface area contributed by atoms with Gasteiger partial charge in [0.2, 0.25) is 0 Å². The number of nitrogens with zero attached hydrogens (tertiary/aromatic N) is 8. The Morgan fingerprint density at radius 3 is 0.879 bits per heavy atom. The molecule has 8 heteroatoms. The van der Waals surface area contributed by atoms with Gasteiger partial charge in [-0.3, -0.25) is 0 Å². The Hall–Kier alpha value is -18.5. The van der Waals surface area contributed by atoms with E-state index in [2.05, 4.69) is 548 Å². The maximum absolute atomic E-state index is 2.48. The summed E-state index contributed by atoms with van der Waals surface area (Å²) in [6.45, 7) is 4.82. The van der Waals surface area contributed by atoms with E-state index in [0.717, 1.165) is 112 Å². The first-order chi connectivity index (χ1) is 69.7. The van der Waals surface area contributed by atoms with E-state index in [9.17, 15) is 0 Å². The number of fused-ring (bicyclic) bond motifs is 22. The fourth-order valence-corrected chi connectivity index (χ4v) is 24.1. The zero-order valence-electron chi connectivity index (χ0n) is 77.4. The predicted octanol–water partition coefficient (Wildman–Crippen LogP) is 35.7. The molecule has 6 heterocycles.